The van der Waals surface area contributed by atoms with Gasteiger partial charge in [-0.3, -0.25) is 4.79 Å². The van der Waals surface area contributed by atoms with Crippen molar-refractivity contribution in [2.45, 2.75) is 19.8 Å². The lowest BCUT2D eigenvalue weighted by atomic mass is 10.2. The van der Waals surface area contributed by atoms with Gasteiger partial charge in [-0.1, -0.05) is 54.4 Å². The van der Waals surface area contributed by atoms with E-state index in [0.29, 0.717) is 31.6 Å². The van der Waals surface area contributed by atoms with E-state index in [1.807, 2.05) is 6.92 Å². The second-order valence-corrected chi connectivity index (χ2v) is 4.42. The lowest BCUT2D eigenvalue weighted by molar-refractivity contribution is -1.07. The smallest absolute Gasteiger partial charge is 0.264 e. The largest absolute Gasteiger partial charge is 0.296 e. The molecule has 0 heterocycles. The Balaban J connectivity index is 5.04. The molecule has 6 heteroatoms. The molecule has 0 aliphatic rings. The number of hydrogen-bond donors (Lipinski definition) is 4. The Morgan fingerprint density at radius 1 is 1.00 bits per heavy atom. The number of nitrogens with zero attached hydrogens (tertiary/aromatic N) is 1. The van der Waals surface area contributed by atoms with E-state index in [1.54, 1.807) is 18.2 Å². The van der Waals surface area contributed by atoms with Crippen LogP contribution in [-0.4, -0.2) is 30.5 Å². The van der Waals surface area contributed by atoms with E-state index in [2.05, 4.69) is 48.0 Å². The summed E-state index contributed by atoms with van der Waals surface area (Å²) in [5.74, 6) is -0.235. The van der Waals surface area contributed by atoms with Gasteiger partial charge in [0.1, 0.15) is 0 Å². The molecule has 0 radical (unpaired) electrons. The Morgan fingerprint density at radius 3 is 1.76 bits per heavy atom. The van der Waals surface area contributed by atoms with Gasteiger partial charge in [0.05, 0.1) is 19.6 Å². The number of quaternary nitrogens is 1. The summed E-state index contributed by atoms with van der Waals surface area (Å²) in [4.78, 5) is 12.0. The second kappa shape index (κ2) is 11.0. The van der Waals surface area contributed by atoms with Crippen LogP contribution >= 0.6 is 0 Å². The molecule has 1 amide bonds. The molecule has 0 rings (SSSR count). The van der Waals surface area contributed by atoms with Crippen molar-refractivity contribution in [3.8, 4) is 0 Å². The second-order valence-electron chi connectivity index (χ2n) is 4.42. The molecule has 0 aromatic carbocycles. The van der Waals surface area contributed by atoms with Crippen LogP contribution < -0.4 is 21.7 Å². The van der Waals surface area contributed by atoms with Gasteiger partial charge in [0.25, 0.3) is 5.91 Å². The van der Waals surface area contributed by atoms with Crippen molar-refractivity contribution in [2.75, 3.05) is 19.6 Å². The van der Waals surface area contributed by atoms with Crippen LogP contribution in [0.4, 0.5) is 0 Å². The fraction of sp³-hybridized carbons (Fsp3) is 0.400. The molecule has 21 heavy (non-hydrogen) atoms. The van der Waals surface area contributed by atoms with Crippen molar-refractivity contribution in [3.05, 3.63) is 50.1 Å². The summed E-state index contributed by atoms with van der Waals surface area (Å²) in [6, 6.07) is 0. The molecule has 118 valence electrons. The van der Waals surface area contributed by atoms with Gasteiger partial charge in [0.2, 0.25) is 0 Å². The van der Waals surface area contributed by atoms with E-state index < -0.39 is 0 Å². The molecular formula is C15H28N5O+. The van der Waals surface area contributed by atoms with E-state index in [-0.39, 0.29) is 10.8 Å². The van der Waals surface area contributed by atoms with Gasteiger partial charge in [-0.25, -0.2) is 0 Å². The third-order valence-electron chi connectivity index (χ3n) is 2.56. The lowest BCUT2D eigenvalue weighted by Gasteiger charge is -2.34. The summed E-state index contributed by atoms with van der Waals surface area (Å²) >= 11 is 0. The minimum Gasteiger partial charge on any atom is -0.264 e. The maximum atomic E-state index is 12.2. The van der Waals surface area contributed by atoms with Gasteiger partial charge in [-0.2, -0.15) is 0 Å². The van der Waals surface area contributed by atoms with Gasteiger partial charge in [-0.15, -0.1) is 25.2 Å². The van der Waals surface area contributed by atoms with Crippen LogP contribution in [0.1, 0.15) is 19.8 Å². The van der Waals surface area contributed by atoms with Crippen molar-refractivity contribution in [1.29, 1.82) is 0 Å². The number of nitrogens with one attached hydrogen (secondary N) is 4. The standard InChI is InChI=1S/C15H27N5O/c1-6-10-14(5)15(21)19-20(16-11-7-2,17-12-8-3)18-13-9-4/h7-9,16-18H,2-6,10-13H2,1H3/p+1. The zero-order chi connectivity index (χ0) is 16.1. The summed E-state index contributed by atoms with van der Waals surface area (Å²) in [7, 11) is 0. The lowest BCUT2D eigenvalue weighted by Crippen LogP contribution is -2.80. The van der Waals surface area contributed by atoms with E-state index >= 15 is 0 Å². The maximum Gasteiger partial charge on any atom is 0.296 e. The molecule has 0 aromatic rings. The molecule has 0 saturated heterocycles. The summed E-state index contributed by atoms with van der Waals surface area (Å²) in [6.07, 6.45) is 6.62. The highest BCUT2D eigenvalue weighted by Crippen LogP contribution is 2.02. The van der Waals surface area contributed by atoms with Crippen LogP contribution in [0.2, 0.25) is 0 Å². The SMILES string of the molecule is C=CCN[N+](NCC=C)(NCC=C)NC(=O)C(=C)CCC. The third-order valence-corrected chi connectivity index (χ3v) is 2.56. The van der Waals surface area contributed by atoms with E-state index in [1.165, 1.54) is 0 Å². The zero-order valence-electron chi connectivity index (χ0n) is 13.0. The van der Waals surface area contributed by atoms with Gasteiger partial charge in [0, 0.05) is 10.5 Å². The number of amides is 1. The first kappa shape index (κ1) is 19.3. The monoisotopic (exact) mass is 294 g/mol. The summed E-state index contributed by atoms with van der Waals surface area (Å²) in [5, 5.41) is 0. The summed E-state index contributed by atoms with van der Waals surface area (Å²) < 4.78 is 0. The minimum absolute atomic E-state index is 0.217. The highest BCUT2D eigenvalue weighted by molar-refractivity contribution is 5.91. The first-order valence-electron chi connectivity index (χ1n) is 7.02. The van der Waals surface area contributed by atoms with E-state index in [0.717, 1.165) is 6.42 Å². The number of rotatable bonds is 13. The Morgan fingerprint density at radius 2 is 1.43 bits per heavy atom. The van der Waals surface area contributed by atoms with Crippen LogP contribution in [0.15, 0.2) is 50.1 Å². The Bertz CT molecular complexity index is 347. The normalized spacial score (nSPS) is 10.7. The molecular weight excluding hydrogens is 266 g/mol. The van der Waals surface area contributed by atoms with Crippen molar-refractivity contribution in [3.63, 3.8) is 0 Å². The van der Waals surface area contributed by atoms with Crippen LogP contribution in [0.3, 0.4) is 0 Å². The van der Waals surface area contributed by atoms with Crippen molar-refractivity contribution < 1.29 is 9.71 Å². The number of carbonyl (C=O) groups excluding carboxylic acids is 1. The topological polar surface area (TPSA) is 65.2 Å². The molecule has 0 aliphatic heterocycles. The first-order chi connectivity index (χ1) is 10.0. The van der Waals surface area contributed by atoms with E-state index in [9.17, 15) is 4.79 Å². The molecule has 4 N–H and O–H groups in total. The molecule has 0 aromatic heterocycles. The third kappa shape index (κ3) is 7.57. The highest BCUT2D eigenvalue weighted by atomic mass is 16.2. The Kier molecular flexibility index (Phi) is 10.1. The average Bonchev–Trinajstić information content (AvgIpc) is 2.48. The predicted molar refractivity (Wildman–Crippen MR) is 87.1 cm³/mol. The molecule has 0 saturated carbocycles. The fourth-order valence-corrected chi connectivity index (χ4v) is 1.54. The van der Waals surface area contributed by atoms with Crippen molar-refractivity contribution >= 4 is 5.91 Å². The molecule has 0 spiro atoms. The van der Waals surface area contributed by atoms with Crippen LogP contribution in [0.5, 0.6) is 0 Å². The quantitative estimate of drug-likeness (QED) is 0.179. The summed E-state index contributed by atoms with van der Waals surface area (Å²) in [5.41, 5.74) is 12.7. The van der Waals surface area contributed by atoms with Gasteiger partial charge in [0.15, 0.2) is 0 Å². The predicted octanol–water partition coefficient (Wildman–Crippen LogP) is 1.26. The van der Waals surface area contributed by atoms with Crippen molar-refractivity contribution in [1.82, 2.24) is 21.7 Å². The Labute approximate surface area is 127 Å². The Hall–Kier alpha value is -1.73. The summed E-state index contributed by atoms with van der Waals surface area (Å²) in [6.45, 7) is 18.3. The van der Waals surface area contributed by atoms with Crippen LogP contribution in [0, 0.1) is 0 Å². The van der Waals surface area contributed by atoms with Gasteiger partial charge in [-0.05, 0) is 6.42 Å². The molecule has 0 atom stereocenters. The maximum absolute atomic E-state index is 12.2. The molecule has 0 unspecified atom stereocenters. The average molecular weight is 294 g/mol. The van der Waals surface area contributed by atoms with Crippen LogP contribution in [-0.2, 0) is 4.79 Å². The first-order valence-corrected chi connectivity index (χ1v) is 7.02. The van der Waals surface area contributed by atoms with Crippen LogP contribution in [0.25, 0.3) is 0 Å². The van der Waals surface area contributed by atoms with E-state index in [4.69, 9.17) is 0 Å². The fourth-order valence-electron chi connectivity index (χ4n) is 1.54. The number of carbonyl (C=O) groups is 1. The van der Waals surface area contributed by atoms with Gasteiger partial charge < -0.3 is 0 Å². The molecule has 6 nitrogen and oxygen atoms in total. The highest BCUT2D eigenvalue weighted by Gasteiger charge is 2.30. The number of hydrogen-bond acceptors (Lipinski definition) is 4. The van der Waals surface area contributed by atoms with Gasteiger partial charge >= 0.3 is 0 Å². The zero-order valence-corrected chi connectivity index (χ0v) is 13.0. The molecule has 0 bridgehead atoms. The minimum atomic E-state index is -0.235. The molecule has 0 aliphatic carbocycles. The molecule has 0 fully saturated rings. The van der Waals surface area contributed by atoms with Crippen molar-refractivity contribution in [2.24, 2.45) is 0 Å².